The Balaban J connectivity index is 1.99. The molecule has 2 atom stereocenters. The summed E-state index contributed by atoms with van der Waals surface area (Å²) in [6, 6.07) is 8.61. The van der Waals surface area contributed by atoms with Crippen molar-refractivity contribution >= 4 is 0 Å². The van der Waals surface area contributed by atoms with Crippen LogP contribution in [0, 0.1) is 11.3 Å². The Hall–Kier alpha value is -0.980. The van der Waals surface area contributed by atoms with E-state index in [-0.39, 0.29) is 0 Å². The van der Waals surface area contributed by atoms with Gasteiger partial charge in [0.25, 0.3) is 0 Å². The lowest BCUT2D eigenvalue weighted by atomic mass is 9.62. The summed E-state index contributed by atoms with van der Waals surface area (Å²) in [5.41, 5.74) is 1.74. The highest BCUT2D eigenvalue weighted by molar-refractivity contribution is 5.28. The Bertz CT molecular complexity index is 364. The lowest BCUT2D eigenvalue weighted by Gasteiger charge is -2.49. The van der Waals surface area contributed by atoms with Gasteiger partial charge in [-0.15, -0.1) is 0 Å². The van der Waals surface area contributed by atoms with Crippen LogP contribution in [0.1, 0.15) is 46.1 Å². The van der Waals surface area contributed by atoms with Crippen molar-refractivity contribution in [2.24, 2.45) is 11.3 Å². The van der Waals surface area contributed by atoms with Gasteiger partial charge in [-0.05, 0) is 36.5 Å². The lowest BCUT2D eigenvalue weighted by molar-refractivity contribution is -0.0717. The largest absolute Gasteiger partial charge is 0.490 e. The molecule has 1 fully saturated rings. The maximum absolute atomic E-state index is 6.11. The molecule has 0 heterocycles. The molecule has 94 valence electrons. The van der Waals surface area contributed by atoms with Crippen LogP contribution in [0.2, 0.25) is 0 Å². The van der Waals surface area contributed by atoms with Gasteiger partial charge in [0.1, 0.15) is 11.9 Å². The molecule has 0 N–H and O–H groups in total. The van der Waals surface area contributed by atoms with Crippen molar-refractivity contribution in [3.05, 3.63) is 29.8 Å². The second-order valence-corrected chi connectivity index (χ2v) is 6.10. The van der Waals surface area contributed by atoms with E-state index < -0.39 is 0 Å². The molecule has 0 aliphatic heterocycles. The van der Waals surface area contributed by atoms with Crippen LogP contribution in [-0.4, -0.2) is 6.10 Å². The Morgan fingerprint density at radius 3 is 2.35 bits per heavy atom. The zero-order chi connectivity index (χ0) is 12.5. The van der Waals surface area contributed by atoms with Crippen LogP contribution in [0.25, 0.3) is 0 Å². The second-order valence-electron chi connectivity index (χ2n) is 6.10. The molecule has 1 aromatic rings. The fourth-order valence-corrected chi connectivity index (χ4v) is 3.11. The van der Waals surface area contributed by atoms with Gasteiger partial charge in [-0.1, -0.05) is 46.2 Å². The molecule has 0 radical (unpaired) electrons. The van der Waals surface area contributed by atoms with Crippen LogP contribution in [0.4, 0.5) is 0 Å². The summed E-state index contributed by atoms with van der Waals surface area (Å²) in [5, 5.41) is 0. The zero-order valence-electron chi connectivity index (χ0n) is 11.5. The molecule has 17 heavy (non-hydrogen) atoms. The van der Waals surface area contributed by atoms with Gasteiger partial charge in [-0.25, -0.2) is 0 Å². The highest BCUT2D eigenvalue weighted by atomic mass is 16.5. The van der Waals surface area contributed by atoms with Crippen molar-refractivity contribution in [1.29, 1.82) is 0 Å². The van der Waals surface area contributed by atoms with E-state index in [2.05, 4.69) is 52.0 Å². The first-order chi connectivity index (χ1) is 8.03. The van der Waals surface area contributed by atoms with Gasteiger partial charge >= 0.3 is 0 Å². The standard InChI is InChI=1S/C16H24O/c1-5-6-13-7-9-14(10-8-13)17-15-12(2)11-16(15,3)4/h7-10,12,15H,5-6,11H2,1-4H3/t12-,15-/m0/s1. The van der Waals surface area contributed by atoms with Gasteiger partial charge in [0.15, 0.2) is 0 Å². The summed E-state index contributed by atoms with van der Waals surface area (Å²) in [7, 11) is 0. The van der Waals surface area contributed by atoms with Gasteiger partial charge in [0, 0.05) is 5.41 Å². The van der Waals surface area contributed by atoms with E-state index in [1.807, 2.05) is 0 Å². The van der Waals surface area contributed by atoms with E-state index in [9.17, 15) is 0 Å². The fraction of sp³-hybridized carbons (Fsp3) is 0.625. The molecule has 2 rings (SSSR count). The topological polar surface area (TPSA) is 9.23 Å². The summed E-state index contributed by atoms with van der Waals surface area (Å²) in [6.07, 6.45) is 4.00. The Morgan fingerprint density at radius 1 is 1.24 bits per heavy atom. The van der Waals surface area contributed by atoms with Crippen LogP contribution in [0.15, 0.2) is 24.3 Å². The summed E-state index contributed by atoms with van der Waals surface area (Å²) >= 11 is 0. The van der Waals surface area contributed by atoms with Crippen molar-refractivity contribution in [1.82, 2.24) is 0 Å². The van der Waals surface area contributed by atoms with Crippen molar-refractivity contribution in [2.45, 2.75) is 53.1 Å². The molecule has 1 aliphatic carbocycles. The molecule has 1 saturated carbocycles. The predicted octanol–water partition coefficient (Wildman–Crippen LogP) is 4.45. The first kappa shape index (κ1) is 12.5. The molecule has 0 amide bonds. The molecule has 0 spiro atoms. The molecule has 0 unspecified atom stereocenters. The zero-order valence-corrected chi connectivity index (χ0v) is 11.5. The van der Waals surface area contributed by atoms with Gasteiger partial charge in [0.05, 0.1) is 0 Å². The average Bonchev–Trinajstić information content (AvgIpc) is 2.28. The summed E-state index contributed by atoms with van der Waals surface area (Å²) in [4.78, 5) is 0. The summed E-state index contributed by atoms with van der Waals surface area (Å²) in [6.45, 7) is 9.08. The van der Waals surface area contributed by atoms with Crippen LogP contribution < -0.4 is 4.74 Å². The van der Waals surface area contributed by atoms with Gasteiger partial charge in [-0.3, -0.25) is 0 Å². The molecule has 1 aromatic carbocycles. The molecule has 0 saturated heterocycles. The minimum absolute atomic E-state index is 0.335. The molecule has 0 aromatic heterocycles. The minimum atomic E-state index is 0.335. The molecule has 1 aliphatic rings. The first-order valence-electron chi connectivity index (χ1n) is 6.78. The van der Waals surface area contributed by atoms with Gasteiger partial charge < -0.3 is 4.74 Å². The van der Waals surface area contributed by atoms with Crippen molar-refractivity contribution in [2.75, 3.05) is 0 Å². The quantitative estimate of drug-likeness (QED) is 0.745. The van der Waals surface area contributed by atoms with Crippen LogP contribution in [0.5, 0.6) is 5.75 Å². The van der Waals surface area contributed by atoms with Crippen LogP contribution in [0.3, 0.4) is 0 Å². The van der Waals surface area contributed by atoms with E-state index in [4.69, 9.17) is 4.74 Å². The number of aryl methyl sites for hydroxylation is 1. The van der Waals surface area contributed by atoms with Crippen molar-refractivity contribution < 1.29 is 4.74 Å². The monoisotopic (exact) mass is 232 g/mol. The number of benzene rings is 1. The number of hydrogen-bond donors (Lipinski definition) is 0. The Kier molecular flexibility index (Phi) is 3.46. The SMILES string of the molecule is CCCc1ccc(O[C@H]2[C@@H](C)CC2(C)C)cc1. The van der Waals surface area contributed by atoms with Gasteiger partial charge in [0.2, 0.25) is 0 Å². The fourth-order valence-electron chi connectivity index (χ4n) is 3.11. The molecule has 1 nitrogen and oxygen atoms in total. The van der Waals surface area contributed by atoms with E-state index in [0.29, 0.717) is 17.4 Å². The predicted molar refractivity (Wildman–Crippen MR) is 72.4 cm³/mol. The van der Waals surface area contributed by atoms with E-state index >= 15 is 0 Å². The van der Waals surface area contributed by atoms with Crippen molar-refractivity contribution in [3.8, 4) is 5.75 Å². The maximum atomic E-state index is 6.11. The number of ether oxygens (including phenoxy) is 1. The lowest BCUT2D eigenvalue weighted by Crippen LogP contribution is -2.51. The summed E-state index contributed by atoms with van der Waals surface area (Å²) in [5.74, 6) is 1.70. The van der Waals surface area contributed by atoms with Gasteiger partial charge in [-0.2, -0.15) is 0 Å². The molecule has 1 heteroatoms. The third-order valence-corrected chi connectivity index (χ3v) is 3.86. The molecular formula is C16H24O. The smallest absolute Gasteiger partial charge is 0.119 e. The normalized spacial score (nSPS) is 26.4. The third kappa shape index (κ3) is 2.65. The highest BCUT2D eigenvalue weighted by Gasteiger charge is 2.46. The first-order valence-corrected chi connectivity index (χ1v) is 6.78. The van der Waals surface area contributed by atoms with Crippen LogP contribution >= 0.6 is 0 Å². The maximum Gasteiger partial charge on any atom is 0.119 e. The van der Waals surface area contributed by atoms with E-state index in [0.717, 1.165) is 12.2 Å². The van der Waals surface area contributed by atoms with E-state index in [1.54, 1.807) is 0 Å². The Labute approximate surface area is 105 Å². The van der Waals surface area contributed by atoms with Crippen LogP contribution in [-0.2, 0) is 6.42 Å². The second kappa shape index (κ2) is 4.72. The number of rotatable bonds is 4. The molecule has 0 bridgehead atoms. The molecular weight excluding hydrogens is 208 g/mol. The van der Waals surface area contributed by atoms with E-state index in [1.165, 1.54) is 18.4 Å². The number of hydrogen-bond acceptors (Lipinski definition) is 1. The van der Waals surface area contributed by atoms with Crippen molar-refractivity contribution in [3.63, 3.8) is 0 Å². The average molecular weight is 232 g/mol. The Morgan fingerprint density at radius 2 is 1.88 bits per heavy atom. The summed E-state index contributed by atoms with van der Waals surface area (Å²) < 4.78 is 6.11. The highest BCUT2D eigenvalue weighted by Crippen LogP contribution is 2.46. The minimum Gasteiger partial charge on any atom is -0.490 e. The third-order valence-electron chi connectivity index (χ3n) is 3.86.